The van der Waals surface area contributed by atoms with Crippen LogP contribution in [0.1, 0.15) is 19.3 Å². The van der Waals surface area contributed by atoms with Gasteiger partial charge in [-0.3, -0.25) is 0 Å². The Kier molecular flexibility index (Phi) is 3.36. The SMILES string of the molecule is Fc1cnc(NCC2CCC(Cl)C2)nc1. The smallest absolute Gasteiger partial charge is 0.222 e. The lowest BCUT2D eigenvalue weighted by molar-refractivity contribution is 0.576. The number of nitrogens with one attached hydrogen (secondary N) is 1. The van der Waals surface area contributed by atoms with Gasteiger partial charge in [0, 0.05) is 11.9 Å². The molecule has 1 N–H and O–H groups in total. The van der Waals surface area contributed by atoms with Crippen LogP contribution in [0.25, 0.3) is 0 Å². The van der Waals surface area contributed by atoms with Gasteiger partial charge in [0.15, 0.2) is 5.82 Å². The third-order valence-corrected chi connectivity index (χ3v) is 3.04. The fourth-order valence-electron chi connectivity index (χ4n) is 1.84. The maximum atomic E-state index is 12.5. The molecule has 0 radical (unpaired) electrons. The van der Waals surface area contributed by atoms with Crippen molar-refractivity contribution in [1.82, 2.24) is 9.97 Å². The first-order chi connectivity index (χ1) is 7.24. The van der Waals surface area contributed by atoms with E-state index in [1.807, 2.05) is 0 Å². The topological polar surface area (TPSA) is 37.8 Å². The van der Waals surface area contributed by atoms with Crippen LogP contribution in [0.15, 0.2) is 12.4 Å². The van der Waals surface area contributed by atoms with Crippen LogP contribution in [0, 0.1) is 11.7 Å². The van der Waals surface area contributed by atoms with Crippen molar-refractivity contribution in [2.75, 3.05) is 11.9 Å². The third-order valence-electron chi connectivity index (χ3n) is 2.65. The van der Waals surface area contributed by atoms with E-state index < -0.39 is 5.82 Å². The highest BCUT2D eigenvalue weighted by Crippen LogP contribution is 2.29. The van der Waals surface area contributed by atoms with Crippen LogP contribution in [0.4, 0.5) is 10.3 Å². The number of rotatable bonds is 3. The van der Waals surface area contributed by atoms with E-state index in [4.69, 9.17) is 11.6 Å². The van der Waals surface area contributed by atoms with Crippen molar-refractivity contribution in [2.45, 2.75) is 24.6 Å². The Bertz CT molecular complexity index is 317. The molecule has 2 rings (SSSR count). The highest BCUT2D eigenvalue weighted by atomic mass is 35.5. The Balaban J connectivity index is 1.80. The predicted molar refractivity (Wildman–Crippen MR) is 57.5 cm³/mol. The summed E-state index contributed by atoms with van der Waals surface area (Å²) >= 11 is 6.00. The second kappa shape index (κ2) is 4.75. The summed E-state index contributed by atoms with van der Waals surface area (Å²) in [5, 5.41) is 3.40. The van der Waals surface area contributed by atoms with Gasteiger partial charge in [0.1, 0.15) is 0 Å². The summed E-state index contributed by atoms with van der Waals surface area (Å²) in [6.07, 6.45) is 5.58. The average molecular weight is 230 g/mol. The van der Waals surface area contributed by atoms with Crippen molar-refractivity contribution in [3.05, 3.63) is 18.2 Å². The largest absolute Gasteiger partial charge is 0.354 e. The lowest BCUT2D eigenvalue weighted by Crippen LogP contribution is -2.13. The molecule has 1 heterocycles. The second-order valence-electron chi connectivity index (χ2n) is 3.88. The van der Waals surface area contributed by atoms with Gasteiger partial charge in [-0.2, -0.15) is 0 Å². The van der Waals surface area contributed by atoms with Crippen LogP contribution in [-0.4, -0.2) is 21.9 Å². The summed E-state index contributed by atoms with van der Waals surface area (Å²) in [6, 6.07) is 0. The standard InChI is InChI=1S/C10H13ClFN3/c11-8-2-1-7(3-8)4-13-10-14-5-9(12)6-15-10/h5-8H,1-4H2,(H,13,14,15). The molecular weight excluding hydrogens is 217 g/mol. The first-order valence-corrected chi connectivity index (χ1v) is 5.53. The number of hydrogen-bond acceptors (Lipinski definition) is 3. The molecule has 1 aromatic heterocycles. The van der Waals surface area contributed by atoms with Crippen LogP contribution >= 0.6 is 11.6 Å². The Morgan fingerprint density at radius 1 is 1.40 bits per heavy atom. The molecule has 1 aliphatic rings. The molecule has 1 saturated carbocycles. The number of alkyl halides is 1. The van der Waals surface area contributed by atoms with Crippen LogP contribution in [0.5, 0.6) is 0 Å². The molecule has 3 nitrogen and oxygen atoms in total. The summed E-state index contributed by atoms with van der Waals surface area (Å²) in [7, 11) is 0. The molecule has 1 fully saturated rings. The monoisotopic (exact) mass is 229 g/mol. The van der Waals surface area contributed by atoms with E-state index in [2.05, 4.69) is 15.3 Å². The van der Waals surface area contributed by atoms with Gasteiger partial charge in [-0.25, -0.2) is 14.4 Å². The molecule has 0 aromatic carbocycles. The van der Waals surface area contributed by atoms with Gasteiger partial charge in [-0.05, 0) is 25.2 Å². The molecule has 0 saturated heterocycles. The van der Waals surface area contributed by atoms with E-state index >= 15 is 0 Å². The Hall–Kier alpha value is -0.900. The molecule has 15 heavy (non-hydrogen) atoms. The van der Waals surface area contributed by atoms with Crippen molar-refractivity contribution >= 4 is 17.5 Å². The highest BCUT2D eigenvalue weighted by Gasteiger charge is 2.22. The van der Waals surface area contributed by atoms with Crippen molar-refractivity contribution in [3.8, 4) is 0 Å². The predicted octanol–water partition coefficient (Wildman–Crippen LogP) is 2.44. The number of hydrogen-bond donors (Lipinski definition) is 1. The lowest BCUT2D eigenvalue weighted by Gasteiger charge is -2.09. The third kappa shape index (κ3) is 3.02. The molecule has 1 aromatic rings. The highest BCUT2D eigenvalue weighted by molar-refractivity contribution is 6.20. The number of anilines is 1. The normalized spacial score (nSPS) is 25.5. The van der Waals surface area contributed by atoms with Crippen molar-refractivity contribution in [1.29, 1.82) is 0 Å². The van der Waals surface area contributed by atoms with Crippen LogP contribution in [0.3, 0.4) is 0 Å². The summed E-state index contributed by atoms with van der Waals surface area (Å²) < 4.78 is 12.5. The van der Waals surface area contributed by atoms with E-state index in [-0.39, 0.29) is 0 Å². The summed E-state index contributed by atoms with van der Waals surface area (Å²) in [5.41, 5.74) is 0. The van der Waals surface area contributed by atoms with E-state index in [9.17, 15) is 4.39 Å². The minimum atomic E-state index is -0.415. The van der Waals surface area contributed by atoms with Crippen molar-refractivity contribution < 1.29 is 4.39 Å². The maximum absolute atomic E-state index is 12.5. The van der Waals surface area contributed by atoms with Gasteiger partial charge in [0.25, 0.3) is 0 Å². The first kappa shape index (κ1) is 10.6. The quantitative estimate of drug-likeness (QED) is 0.809. The summed E-state index contributed by atoms with van der Waals surface area (Å²) in [6.45, 7) is 0.814. The van der Waals surface area contributed by atoms with E-state index in [0.717, 1.165) is 38.2 Å². The van der Waals surface area contributed by atoms with E-state index in [0.29, 0.717) is 17.2 Å². The summed E-state index contributed by atoms with van der Waals surface area (Å²) in [5.74, 6) is 0.651. The minimum absolute atomic E-state index is 0.311. The van der Waals surface area contributed by atoms with Crippen LogP contribution in [0.2, 0.25) is 0 Å². The molecule has 82 valence electrons. The molecule has 0 bridgehead atoms. The fourth-order valence-corrected chi connectivity index (χ4v) is 2.22. The lowest BCUT2D eigenvalue weighted by atomic mass is 10.1. The van der Waals surface area contributed by atoms with E-state index in [1.165, 1.54) is 0 Å². The van der Waals surface area contributed by atoms with Gasteiger partial charge >= 0.3 is 0 Å². The van der Waals surface area contributed by atoms with Gasteiger partial charge in [-0.1, -0.05) is 0 Å². The number of halogens is 2. The van der Waals surface area contributed by atoms with Crippen LogP contribution in [-0.2, 0) is 0 Å². The summed E-state index contributed by atoms with van der Waals surface area (Å²) in [4.78, 5) is 7.66. The second-order valence-corrected chi connectivity index (χ2v) is 4.50. The number of aromatic nitrogens is 2. The Morgan fingerprint density at radius 3 is 2.73 bits per heavy atom. The molecule has 0 amide bonds. The molecule has 1 aliphatic carbocycles. The molecule has 2 unspecified atom stereocenters. The zero-order chi connectivity index (χ0) is 10.7. The van der Waals surface area contributed by atoms with Gasteiger partial charge in [0.05, 0.1) is 12.4 Å². The first-order valence-electron chi connectivity index (χ1n) is 5.09. The van der Waals surface area contributed by atoms with E-state index in [1.54, 1.807) is 0 Å². The fraction of sp³-hybridized carbons (Fsp3) is 0.600. The zero-order valence-electron chi connectivity index (χ0n) is 8.29. The molecular formula is C10H13ClFN3. The van der Waals surface area contributed by atoms with Gasteiger partial charge in [0.2, 0.25) is 5.95 Å². The minimum Gasteiger partial charge on any atom is -0.354 e. The maximum Gasteiger partial charge on any atom is 0.222 e. The van der Waals surface area contributed by atoms with Crippen LogP contribution < -0.4 is 5.32 Å². The zero-order valence-corrected chi connectivity index (χ0v) is 9.04. The van der Waals surface area contributed by atoms with Gasteiger partial charge < -0.3 is 5.32 Å². The molecule has 2 atom stereocenters. The number of nitrogens with zero attached hydrogens (tertiary/aromatic N) is 2. The average Bonchev–Trinajstić information content (AvgIpc) is 2.64. The Labute approximate surface area is 93.1 Å². The Morgan fingerprint density at radius 2 is 2.13 bits per heavy atom. The molecule has 0 aliphatic heterocycles. The van der Waals surface area contributed by atoms with Crippen molar-refractivity contribution in [2.24, 2.45) is 5.92 Å². The molecule has 0 spiro atoms. The van der Waals surface area contributed by atoms with Gasteiger partial charge in [-0.15, -0.1) is 11.6 Å². The van der Waals surface area contributed by atoms with Crippen molar-refractivity contribution in [3.63, 3.8) is 0 Å². The molecule has 5 heteroatoms.